The van der Waals surface area contributed by atoms with Crippen LogP contribution in [0.2, 0.25) is 0 Å². The lowest BCUT2D eigenvalue weighted by Crippen LogP contribution is -2.64. The van der Waals surface area contributed by atoms with Crippen molar-refractivity contribution in [2.45, 2.75) is 11.6 Å². The van der Waals surface area contributed by atoms with Crippen molar-refractivity contribution >= 4 is 5.78 Å². The van der Waals surface area contributed by atoms with E-state index in [1.165, 1.54) is 34.5 Å². The number of benzene rings is 2. The van der Waals surface area contributed by atoms with E-state index < -0.39 is 17.4 Å². The molecular weight excluding hydrogens is 340 g/mol. The number of methoxy groups -OCH3 is 4. The van der Waals surface area contributed by atoms with Gasteiger partial charge in [-0.1, -0.05) is 0 Å². The summed E-state index contributed by atoms with van der Waals surface area (Å²) < 4.78 is 27.1. The molecule has 0 saturated carbocycles. The zero-order valence-electron chi connectivity index (χ0n) is 14.9. The highest BCUT2D eigenvalue weighted by Gasteiger charge is 2.64. The Balaban J connectivity index is 2.22. The number of fused-ring (bicyclic) bond motifs is 1. The largest absolute Gasteiger partial charge is 0.497 e. The van der Waals surface area contributed by atoms with Crippen LogP contribution in [0, 0.1) is 0 Å². The summed E-state index contributed by atoms with van der Waals surface area (Å²) in [6.07, 6.45) is 0. The Bertz CT molecular complexity index is 817. The van der Waals surface area contributed by atoms with Crippen LogP contribution < -0.4 is 14.2 Å². The standard InChI is InChI=1S/C19H20O7/c1-22-13-7-5-12(6-8-13)19(25-4)18(21,24-3)17(20)15-10-9-14(23-2)11-16(15)26-19/h5-11,21H,1-4H3/t18-,19-/m1/s1. The fraction of sp³-hybridized carbons (Fsp3) is 0.316. The first-order chi connectivity index (χ1) is 12.5. The van der Waals surface area contributed by atoms with Crippen molar-refractivity contribution in [3.63, 3.8) is 0 Å². The van der Waals surface area contributed by atoms with Crippen LogP contribution in [-0.4, -0.2) is 45.1 Å². The maximum atomic E-state index is 13.0. The maximum absolute atomic E-state index is 13.0. The molecule has 0 unspecified atom stereocenters. The molecular formula is C19H20O7. The molecule has 138 valence electrons. The lowest BCUT2D eigenvalue weighted by Gasteiger charge is -2.46. The van der Waals surface area contributed by atoms with Crippen LogP contribution >= 0.6 is 0 Å². The van der Waals surface area contributed by atoms with Gasteiger partial charge in [0, 0.05) is 25.8 Å². The fourth-order valence-corrected chi connectivity index (χ4v) is 3.05. The van der Waals surface area contributed by atoms with E-state index in [0.29, 0.717) is 17.1 Å². The molecule has 0 aliphatic carbocycles. The number of carbonyl (C=O) groups excluding carboxylic acids is 1. The summed E-state index contributed by atoms with van der Waals surface area (Å²) in [5, 5.41) is 11.1. The third-order valence-corrected chi connectivity index (χ3v) is 4.49. The molecule has 0 amide bonds. The first-order valence-corrected chi connectivity index (χ1v) is 7.84. The molecule has 0 spiro atoms. The quantitative estimate of drug-likeness (QED) is 0.818. The number of Topliss-reactive ketones (excluding diaryl/α,β-unsaturated/α-hetero) is 1. The van der Waals surface area contributed by atoms with Crippen molar-refractivity contribution in [1.82, 2.24) is 0 Å². The lowest BCUT2D eigenvalue weighted by atomic mass is 9.86. The molecule has 7 heteroatoms. The van der Waals surface area contributed by atoms with Gasteiger partial charge >= 0.3 is 5.79 Å². The minimum Gasteiger partial charge on any atom is -0.497 e. The zero-order chi connectivity index (χ0) is 18.9. The molecule has 1 heterocycles. The van der Waals surface area contributed by atoms with Gasteiger partial charge in [-0.15, -0.1) is 0 Å². The SMILES string of the molecule is COc1ccc([C@@]2(OC)Oc3cc(OC)ccc3C(=O)[C@@]2(O)OC)cc1. The highest BCUT2D eigenvalue weighted by molar-refractivity contribution is 6.05. The number of ether oxygens (including phenoxy) is 5. The number of hydrogen-bond acceptors (Lipinski definition) is 7. The van der Waals surface area contributed by atoms with Crippen LogP contribution in [0.15, 0.2) is 42.5 Å². The van der Waals surface area contributed by atoms with Gasteiger partial charge in [-0.2, -0.15) is 0 Å². The van der Waals surface area contributed by atoms with Crippen molar-refractivity contribution in [3.05, 3.63) is 53.6 Å². The van der Waals surface area contributed by atoms with E-state index in [4.69, 9.17) is 23.7 Å². The van der Waals surface area contributed by atoms with Gasteiger partial charge in [-0.25, -0.2) is 0 Å². The van der Waals surface area contributed by atoms with Crippen LogP contribution in [0.25, 0.3) is 0 Å². The van der Waals surface area contributed by atoms with Gasteiger partial charge in [0.25, 0.3) is 5.79 Å². The summed E-state index contributed by atoms with van der Waals surface area (Å²) in [6, 6.07) is 11.3. The fourth-order valence-electron chi connectivity index (χ4n) is 3.05. The lowest BCUT2D eigenvalue weighted by molar-refractivity contribution is -0.346. The molecule has 0 bridgehead atoms. The van der Waals surface area contributed by atoms with Gasteiger partial charge in [0.1, 0.15) is 17.2 Å². The minimum absolute atomic E-state index is 0.163. The molecule has 1 aliphatic heterocycles. The van der Waals surface area contributed by atoms with Crippen LogP contribution in [0.3, 0.4) is 0 Å². The predicted octanol–water partition coefficient (Wildman–Crippen LogP) is 2.11. The van der Waals surface area contributed by atoms with Crippen molar-refractivity contribution in [3.8, 4) is 17.2 Å². The second-order valence-corrected chi connectivity index (χ2v) is 5.69. The smallest absolute Gasteiger partial charge is 0.304 e. The Labute approximate surface area is 151 Å². The highest BCUT2D eigenvalue weighted by atomic mass is 16.8. The first kappa shape index (κ1) is 18.2. The Hall–Kier alpha value is -2.61. The van der Waals surface area contributed by atoms with Gasteiger partial charge in [-0.3, -0.25) is 4.79 Å². The van der Waals surface area contributed by atoms with E-state index in [2.05, 4.69) is 0 Å². The van der Waals surface area contributed by atoms with Gasteiger partial charge < -0.3 is 28.8 Å². The normalized spacial score (nSPS) is 24.6. The summed E-state index contributed by atoms with van der Waals surface area (Å²) in [7, 11) is 5.58. The number of carbonyl (C=O) groups is 1. The summed E-state index contributed by atoms with van der Waals surface area (Å²) in [4.78, 5) is 13.0. The van der Waals surface area contributed by atoms with E-state index >= 15 is 0 Å². The monoisotopic (exact) mass is 360 g/mol. The molecule has 0 fully saturated rings. The molecule has 0 saturated heterocycles. The van der Waals surface area contributed by atoms with E-state index in [1.807, 2.05) is 0 Å². The van der Waals surface area contributed by atoms with Crippen LogP contribution in [0.5, 0.6) is 17.2 Å². The Morgan fingerprint density at radius 1 is 0.885 bits per heavy atom. The van der Waals surface area contributed by atoms with Crippen molar-refractivity contribution < 1.29 is 33.6 Å². The molecule has 26 heavy (non-hydrogen) atoms. The predicted molar refractivity (Wildman–Crippen MR) is 91.6 cm³/mol. The van der Waals surface area contributed by atoms with Crippen molar-refractivity contribution in [2.75, 3.05) is 28.4 Å². The number of hydrogen-bond donors (Lipinski definition) is 1. The third-order valence-electron chi connectivity index (χ3n) is 4.49. The average Bonchev–Trinajstić information content (AvgIpc) is 2.70. The number of aliphatic hydroxyl groups is 1. The molecule has 0 aromatic heterocycles. The van der Waals surface area contributed by atoms with Gasteiger partial charge in [0.2, 0.25) is 5.78 Å². The Kier molecular flexibility index (Phi) is 4.62. The molecule has 2 aromatic rings. The Morgan fingerprint density at radius 3 is 2.04 bits per heavy atom. The van der Waals surface area contributed by atoms with E-state index in [9.17, 15) is 9.90 Å². The first-order valence-electron chi connectivity index (χ1n) is 7.84. The van der Waals surface area contributed by atoms with Crippen molar-refractivity contribution in [2.24, 2.45) is 0 Å². The molecule has 3 rings (SSSR count). The topological polar surface area (TPSA) is 83.5 Å². The van der Waals surface area contributed by atoms with Crippen molar-refractivity contribution in [1.29, 1.82) is 0 Å². The van der Waals surface area contributed by atoms with Gasteiger partial charge in [0.05, 0.1) is 19.8 Å². The van der Waals surface area contributed by atoms with Gasteiger partial charge in [-0.05, 0) is 36.4 Å². The molecule has 1 aliphatic rings. The second kappa shape index (κ2) is 6.60. The Morgan fingerprint density at radius 2 is 1.50 bits per heavy atom. The highest BCUT2D eigenvalue weighted by Crippen LogP contribution is 2.47. The van der Waals surface area contributed by atoms with Crippen LogP contribution in [-0.2, 0) is 15.3 Å². The minimum atomic E-state index is -2.39. The number of ketones is 1. The summed E-state index contributed by atoms with van der Waals surface area (Å²) in [5.74, 6) is -3.66. The third kappa shape index (κ3) is 2.44. The van der Waals surface area contributed by atoms with E-state index in [1.54, 1.807) is 36.4 Å². The van der Waals surface area contributed by atoms with E-state index in [-0.39, 0.29) is 11.3 Å². The molecule has 2 atom stereocenters. The molecule has 1 N–H and O–H groups in total. The summed E-state index contributed by atoms with van der Waals surface area (Å²) >= 11 is 0. The summed E-state index contributed by atoms with van der Waals surface area (Å²) in [6.45, 7) is 0. The number of rotatable bonds is 5. The molecule has 0 radical (unpaired) electrons. The van der Waals surface area contributed by atoms with Crippen LogP contribution in [0.1, 0.15) is 15.9 Å². The van der Waals surface area contributed by atoms with Crippen LogP contribution in [0.4, 0.5) is 0 Å². The second-order valence-electron chi connectivity index (χ2n) is 5.69. The average molecular weight is 360 g/mol. The summed E-state index contributed by atoms with van der Waals surface area (Å²) in [5.41, 5.74) is 0.545. The molecule has 2 aromatic carbocycles. The van der Waals surface area contributed by atoms with E-state index in [0.717, 1.165) is 0 Å². The maximum Gasteiger partial charge on any atom is 0.304 e. The molecule has 7 nitrogen and oxygen atoms in total. The zero-order valence-corrected chi connectivity index (χ0v) is 14.9. The van der Waals surface area contributed by atoms with Gasteiger partial charge in [0.15, 0.2) is 0 Å².